The number of pyridine rings is 1. The van der Waals surface area contributed by atoms with E-state index in [2.05, 4.69) is 46.5 Å². The molecule has 22 heavy (non-hydrogen) atoms. The van der Waals surface area contributed by atoms with E-state index < -0.39 is 0 Å². The van der Waals surface area contributed by atoms with Gasteiger partial charge in [-0.3, -0.25) is 15.1 Å². The van der Waals surface area contributed by atoms with Crippen LogP contribution in [0, 0.1) is 6.92 Å². The third kappa shape index (κ3) is 3.56. The van der Waals surface area contributed by atoms with Crippen molar-refractivity contribution >= 4 is 22.4 Å². The average Bonchev–Trinajstić information content (AvgIpc) is 2.97. The Morgan fingerprint density at radius 2 is 1.95 bits per heavy atom. The Kier molecular flexibility index (Phi) is 4.25. The van der Waals surface area contributed by atoms with Crippen molar-refractivity contribution in [1.29, 1.82) is 0 Å². The van der Waals surface area contributed by atoms with Crippen molar-refractivity contribution in [3.8, 4) is 0 Å². The number of carbonyl (C=O) groups excluding carboxylic acids is 1. The molecule has 1 N–H and O–H groups in total. The molecule has 0 aliphatic heterocycles. The van der Waals surface area contributed by atoms with Gasteiger partial charge >= 0.3 is 0 Å². The smallest absolute Gasteiger partial charge is 0.276 e. The number of benzene rings is 1. The summed E-state index contributed by atoms with van der Waals surface area (Å²) >= 11 is 1.48. The van der Waals surface area contributed by atoms with Crippen LogP contribution in [0.2, 0.25) is 0 Å². The molecule has 3 rings (SSSR count). The van der Waals surface area contributed by atoms with Crippen molar-refractivity contribution in [2.45, 2.75) is 13.3 Å². The molecule has 2 aromatic heterocycles. The minimum Gasteiger partial charge on any atom is -0.296 e. The number of thiazole rings is 1. The second-order valence-electron chi connectivity index (χ2n) is 4.96. The SMILES string of the molecule is Cc1ccc(Cc2cnc(NC(=O)c3ccccn3)s2)cc1. The predicted molar refractivity (Wildman–Crippen MR) is 88.3 cm³/mol. The number of nitrogens with zero attached hydrogens (tertiary/aromatic N) is 2. The second kappa shape index (κ2) is 6.49. The Bertz CT molecular complexity index is 766. The van der Waals surface area contributed by atoms with E-state index in [1.54, 1.807) is 30.6 Å². The number of aromatic nitrogens is 2. The first-order valence-electron chi connectivity index (χ1n) is 6.93. The molecule has 0 aliphatic carbocycles. The average molecular weight is 309 g/mol. The normalized spacial score (nSPS) is 10.4. The van der Waals surface area contributed by atoms with Gasteiger partial charge in [0.25, 0.3) is 5.91 Å². The fraction of sp³-hybridized carbons (Fsp3) is 0.118. The molecule has 3 aromatic rings. The Hall–Kier alpha value is -2.53. The fourth-order valence-corrected chi connectivity index (χ4v) is 2.85. The van der Waals surface area contributed by atoms with Crippen molar-refractivity contribution in [2.75, 3.05) is 5.32 Å². The lowest BCUT2D eigenvalue weighted by molar-refractivity contribution is 0.102. The van der Waals surface area contributed by atoms with Crippen LogP contribution in [0.3, 0.4) is 0 Å². The monoisotopic (exact) mass is 309 g/mol. The minimum atomic E-state index is -0.239. The van der Waals surface area contributed by atoms with E-state index in [4.69, 9.17) is 0 Å². The summed E-state index contributed by atoms with van der Waals surface area (Å²) in [6, 6.07) is 13.7. The van der Waals surface area contributed by atoms with Gasteiger partial charge < -0.3 is 0 Å². The predicted octanol–water partition coefficient (Wildman–Crippen LogP) is 3.69. The van der Waals surface area contributed by atoms with Crippen LogP contribution in [0.25, 0.3) is 0 Å². The topological polar surface area (TPSA) is 54.9 Å². The van der Waals surface area contributed by atoms with E-state index in [1.165, 1.54) is 22.5 Å². The van der Waals surface area contributed by atoms with Crippen molar-refractivity contribution in [1.82, 2.24) is 9.97 Å². The molecule has 110 valence electrons. The highest BCUT2D eigenvalue weighted by Crippen LogP contribution is 2.21. The highest BCUT2D eigenvalue weighted by atomic mass is 32.1. The number of nitrogens with one attached hydrogen (secondary N) is 1. The molecule has 1 aromatic carbocycles. The third-order valence-electron chi connectivity index (χ3n) is 3.17. The number of hydrogen-bond donors (Lipinski definition) is 1. The van der Waals surface area contributed by atoms with Gasteiger partial charge in [-0.2, -0.15) is 0 Å². The first-order valence-corrected chi connectivity index (χ1v) is 7.75. The molecule has 4 nitrogen and oxygen atoms in total. The van der Waals surface area contributed by atoms with E-state index in [0.717, 1.165) is 11.3 Å². The summed E-state index contributed by atoms with van der Waals surface area (Å²) in [6.07, 6.45) is 4.22. The highest BCUT2D eigenvalue weighted by molar-refractivity contribution is 7.15. The Morgan fingerprint density at radius 3 is 2.68 bits per heavy atom. The summed E-state index contributed by atoms with van der Waals surface area (Å²) in [5, 5.41) is 3.37. The third-order valence-corrected chi connectivity index (χ3v) is 4.08. The van der Waals surface area contributed by atoms with Crippen LogP contribution < -0.4 is 5.32 Å². The number of hydrogen-bond acceptors (Lipinski definition) is 4. The summed E-state index contributed by atoms with van der Waals surface area (Å²) in [7, 11) is 0. The van der Waals surface area contributed by atoms with E-state index >= 15 is 0 Å². The molecule has 0 atom stereocenters. The maximum atomic E-state index is 12.0. The lowest BCUT2D eigenvalue weighted by Crippen LogP contribution is -2.12. The van der Waals surface area contributed by atoms with Crippen molar-refractivity contribution < 1.29 is 4.79 Å². The van der Waals surface area contributed by atoms with E-state index in [1.807, 2.05) is 0 Å². The molecular formula is C17H15N3OS. The van der Waals surface area contributed by atoms with Crippen LogP contribution >= 0.6 is 11.3 Å². The molecule has 0 radical (unpaired) electrons. The van der Waals surface area contributed by atoms with E-state index in [9.17, 15) is 4.79 Å². The molecule has 0 unspecified atom stereocenters. The lowest BCUT2D eigenvalue weighted by Gasteiger charge is -2.00. The summed E-state index contributed by atoms with van der Waals surface area (Å²) in [5.74, 6) is -0.239. The van der Waals surface area contributed by atoms with Gasteiger partial charge in [-0.05, 0) is 24.6 Å². The minimum absolute atomic E-state index is 0.239. The van der Waals surface area contributed by atoms with Crippen LogP contribution in [0.4, 0.5) is 5.13 Å². The van der Waals surface area contributed by atoms with Gasteiger partial charge in [0.1, 0.15) is 5.69 Å². The van der Waals surface area contributed by atoms with Crippen LogP contribution in [0.1, 0.15) is 26.5 Å². The highest BCUT2D eigenvalue weighted by Gasteiger charge is 2.10. The van der Waals surface area contributed by atoms with E-state index in [-0.39, 0.29) is 5.91 Å². The number of aryl methyl sites for hydroxylation is 1. The summed E-state index contributed by atoms with van der Waals surface area (Å²) in [4.78, 5) is 21.4. The zero-order valence-corrected chi connectivity index (χ0v) is 12.9. The van der Waals surface area contributed by atoms with Crippen LogP contribution in [-0.4, -0.2) is 15.9 Å². The number of carbonyl (C=O) groups is 1. The van der Waals surface area contributed by atoms with Gasteiger partial charge in [-0.15, -0.1) is 11.3 Å². The van der Waals surface area contributed by atoms with E-state index in [0.29, 0.717) is 10.8 Å². The molecular weight excluding hydrogens is 294 g/mol. The van der Waals surface area contributed by atoms with Gasteiger partial charge in [0.15, 0.2) is 5.13 Å². The number of anilines is 1. The number of rotatable bonds is 4. The molecule has 5 heteroatoms. The molecule has 0 saturated heterocycles. The Balaban J connectivity index is 1.66. The largest absolute Gasteiger partial charge is 0.296 e. The van der Waals surface area contributed by atoms with Crippen LogP contribution in [0.15, 0.2) is 54.9 Å². The second-order valence-corrected chi connectivity index (χ2v) is 6.08. The summed E-state index contributed by atoms with van der Waals surface area (Å²) in [6.45, 7) is 2.07. The fourth-order valence-electron chi connectivity index (χ4n) is 2.01. The standard InChI is InChI=1S/C17H15N3OS/c1-12-5-7-13(8-6-12)10-14-11-19-17(22-14)20-16(21)15-4-2-3-9-18-15/h2-9,11H,10H2,1H3,(H,19,20,21). The molecule has 1 amide bonds. The van der Waals surface area contributed by atoms with Gasteiger partial charge in [-0.25, -0.2) is 4.98 Å². The molecule has 0 bridgehead atoms. The van der Waals surface area contributed by atoms with Crippen LogP contribution in [0.5, 0.6) is 0 Å². The molecule has 0 spiro atoms. The maximum Gasteiger partial charge on any atom is 0.276 e. The zero-order chi connectivity index (χ0) is 15.4. The molecule has 0 fully saturated rings. The first kappa shape index (κ1) is 14.4. The maximum absolute atomic E-state index is 12.0. The van der Waals surface area contributed by atoms with Gasteiger partial charge in [0, 0.05) is 23.7 Å². The summed E-state index contributed by atoms with van der Waals surface area (Å²) in [5.41, 5.74) is 2.87. The molecule has 0 saturated carbocycles. The van der Waals surface area contributed by atoms with Gasteiger partial charge in [-0.1, -0.05) is 35.9 Å². The summed E-state index contributed by atoms with van der Waals surface area (Å²) < 4.78 is 0. The van der Waals surface area contributed by atoms with Crippen LogP contribution in [-0.2, 0) is 6.42 Å². The Labute approximate surface area is 132 Å². The van der Waals surface area contributed by atoms with Crippen molar-refractivity contribution in [3.05, 3.63) is 76.6 Å². The Morgan fingerprint density at radius 1 is 1.14 bits per heavy atom. The molecule has 0 aliphatic rings. The zero-order valence-electron chi connectivity index (χ0n) is 12.1. The van der Waals surface area contributed by atoms with Crippen molar-refractivity contribution in [3.63, 3.8) is 0 Å². The first-order chi connectivity index (χ1) is 10.7. The van der Waals surface area contributed by atoms with Gasteiger partial charge in [0.05, 0.1) is 0 Å². The lowest BCUT2D eigenvalue weighted by atomic mass is 10.1. The van der Waals surface area contributed by atoms with Crippen molar-refractivity contribution in [2.24, 2.45) is 0 Å². The number of amides is 1. The quantitative estimate of drug-likeness (QED) is 0.799. The van der Waals surface area contributed by atoms with Gasteiger partial charge in [0.2, 0.25) is 0 Å². The molecule has 2 heterocycles.